The second kappa shape index (κ2) is 7.36. The summed E-state index contributed by atoms with van der Waals surface area (Å²) < 4.78 is 10.6. The van der Waals surface area contributed by atoms with Crippen LogP contribution in [0.2, 0.25) is 0 Å². The highest BCUT2D eigenvalue weighted by Crippen LogP contribution is 2.42. The van der Waals surface area contributed by atoms with Gasteiger partial charge in [-0.2, -0.15) is 4.74 Å². The van der Waals surface area contributed by atoms with Crippen molar-refractivity contribution in [3.05, 3.63) is 52.6 Å². The molecule has 8 nitrogen and oxygen atoms in total. The Balaban J connectivity index is 2.08. The number of anilines is 1. The average Bonchev–Trinajstić information content (AvgIpc) is 2.65. The second-order valence-electron chi connectivity index (χ2n) is 5.22. The van der Waals surface area contributed by atoms with Gasteiger partial charge in [-0.05, 0) is 18.2 Å². The topological polar surface area (TPSA) is 105 Å². The number of benzene rings is 1. The molecule has 136 valence electrons. The van der Waals surface area contributed by atoms with E-state index in [9.17, 15) is 20.0 Å². The molecular formula is C16H11Cl2N2O6-. The number of fused-ring (bicyclic) bond motifs is 2. The smallest absolute Gasteiger partial charge is 0.326 e. The molecule has 0 saturated carbocycles. The molecule has 0 saturated heterocycles. The van der Waals surface area contributed by atoms with Crippen molar-refractivity contribution in [2.24, 2.45) is 0 Å². The first-order chi connectivity index (χ1) is 12.5. The van der Waals surface area contributed by atoms with Gasteiger partial charge in [0.05, 0.1) is 0 Å². The molecule has 1 heterocycles. The molecule has 0 bridgehead atoms. The van der Waals surface area contributed by atoms with Crippen molar-refractivity contribution in [2.45, 2.75) is 6.04 Å². The number of carbonyl (C=O) groups is 2. The fraction of sp³-hybridized carbons (Fsp3) is 0.188. The number of rotatable bonds is 4. The Morgan fingerprint density at radius 3 is 2.58 bits per heavy atom. The quantitative estimate of drug-likeness (QED) is 0.252. The number of alkyl halides is 2. The molecule has 0 N–H and O–H groups in total. The van der Waals surface area contributed by atoms with Crippen LogP contribution < -0.4 is 9.80 Å². The van der Waals surface area contributed by atoms with E-state index in [2.05, 4.69) is 0 Å². The van der Waals surface area contributed by atoms with Crippen molar-refractivity contribution >= 4 is 52.2 Å². The minimum absolute atomic E-state index is 0.00162. The van der Waals surface area contributed by atoms with Crippen LogP contribution in [0.5, 0.6) is 5.75 Å². The van der Waals surface area contributed by atoms with Crippen molar-refractivity contribution in [1.82, 2.24) is 0 Å². The molecule has 0 spiro atoms. The predicted octanol–water partition coefficient (Wildman–Crippen LogP) is 2.34. The van der Waals surface area contributed by atoms with Gasteiger partial charge in [0.2, 0.25) is 11.5 Å². The molecule has 2 aliphatic rings. The van der Waals surface area contributed by atoms with Gasteiger partial charge in [-0.25, -0.2) is 0 Å². The summed E-state index contributed by atoms with van der Waals surface area (Å²) in [5.41, 5.74) is -0.180. The van der Waals surface area contributed by atoms with E-state index in [-0.39, 0.29) is 28.6 Å². The van der Waals surface area contributed by atoms with E-state index in [1.807, 2.05) is 0 Å². The molecule has 0 amide bonds. The van der Waals surface area contributed by atoms with Gasteiger partial charge in [0.1, 0.15) is 23.2 Å². The van der Waals surface area contributed by atoms with Gasteiger partial charge in [-0.1, -0.05) is 12.1 Å². The number of hydrogen-bond donors (Lipinski definition) is 0. The summed E-state index contributed by atoms with van der Waals surface area (Å²) in [7, 11) is 0. The van der Waals surface area contributed by atoms with Crippen LogP contribution in [0, 0.1) is 10.4 Å². The normalized spacial score (nSPS) is 18.0. The number of nitrogens with zero attached hydrogens (tertiary/aromatic N) is 2. The van der Waals surface area contributed by atoms with E-state index in [4.69, 9.17) is 32.7 Å². The molecule has 1 aromatic rings. The van der Waals surface area contributed by atoms with E-state index in [0.717, 1.165) is 0 Å². The maximum absolute atomic E-state index is 12.8. The summed E-state index contributed by atoms with van der Waals surface area (Å²) in [6.07, 6.45) is 4.27. The SMILES string of the molecule is O=C(CCl)OC1=CC=CC2=[N+]([O-])c3c(OC(=O)CCl)cccc3N([O-])C12. The van der Waals surface area contributed by atoms with Crippen LogP contribution in [-0.4, -0.2) is 40.2 Å². The summed E-state index contributed by atoms with van der Waals surface area (Å²) in [4.78, 5) is 23.0. The minimum Gasteiger partial charge on any atom is -0.757 e. The molecule has 0 fully saturated rings. The van der Waals surface area contributed by atoms with Crippen LogP contribution in [-0.2, 0) is 14.3 Å². The highest BCUT2D eigenvalue weighted by atomic mass is 35.5. The highest BCUT2D eigenvalue weighted by molar-refractivity contribution is 6.27. The van der Waals surface area contributed by atoms with E-state index in [1.165, 1.54) is 36.4 Å². The molecule has 26 heavy (non-hydrogen) atoms. The summed E-state index contributed by atoms with van der Waals surface area (Å²) in [6, 6.07) is 3.05. The van der Waals surface area contributed by atoms with Gasteiger partial charge in [0, 0.05) is 6.08 Å². The Kier molecular flexibility index (Phi) is 5.17. The third-order valence-corrected chi connectivity index (χ3v) is 4.07. The van der Waals surface area contributed by atoms with Crippen LogP contribution in [0.1, 0.15) is 0 Å². The van der Waals surface area contributed by atoms with Crippen molar-refractivity contribution in [2.75, 3.05) is 16.8 Å². The average molecular weight is 398 g/mol. The Labute approximate surface area is 157 Å². The summed E-state index contributed by atoms with van der Waals surface area (Å²) in [5, 5.41) is 26.2. The van der Waals surface area contributed by atoms with E-state index < -0.39 is 29.7 Å². The first kappa shape index (κ1) is 18.2. The lowest BCUT2D eigenvalue weighted by Crippen LogP contribution is -2.46. The molecule has 1 aromatic carbocycles. The molecule has 1 atom stereocenters. The molecule has 1 aliphatic heterocycles. The highest BCUT2D eigenvalue weighted by Gasteiger charge is 2.39. The van der Waals surface area contributed by atoms with Crippen molar-refractivity contribution in [3.63, 3.8) is 0 Å². The summed E-state index contributed by atoms with van der Waals surface area (Å²) >= 11 is 10.8. The number of hydrogen-bond acceptors (Lipinski definition) is 7. The van der Waals surface area contributed by atoms with Crippen molar-refractivity contribution < 1.29 is 23.8 Å². The number of halogens is 2. The summed E-state index contributed by atoms with van der Waals surface area (Å²) in [5.74, 6) is -2.47. The second-order valence-corrected chi connectivity index (χ2v) is 5.75. The monoisotopic (exact) mass is 397 g/mol. The zero-order valence-electron chi connectivity index (χ0n) is 13.1. The van der Waals surface area contributed by atoms with Crippen LogP contribution in [0.4, 0.5) is 11.4 Å². The first-order valence-electron chi connectivity index (χ1n) is 7.33. The standard InChI is InChI=1S/C16H11Cl2N2O6/c17-7-13(21)25-11-5-1-3-9-15(11)20(24)10-4-2-6-12(16(10)19(9)23)26-14(22)8-18/h1-6,15H,7-8H2/q-1. The van der Waals surface area contributed by atoms with Gasteiger partial charge < -0.3 is 25.0 Å². The van der Waals surface area contributed by atoms with Gasteiger partial charge in [-0.3, -0.25) is 9.59 Å². The lowest BCUT2D eigenvalue weighted by molar-refractivity contribution is -0.363. The van der Waals surface area contributed by atoms with Crippen LogP contribution in [0.15, 0.2) is 42.2 Å². The lowest BCUT2D eigenvalue weighted by Gasteiger charge is -2.42. The fourth-order valence-corrected chi connectivity index (χ4v) is 2.73. The van der Waals surface area contributed by atoms with Crippen LogP contribution in [0.3, 0.4) is 0 Å². The van der Waals surface area contributed by atoms with E-state index >= 15 is 0 Å². The third kappa shape index (κ3) is 3.14. The number of carbonyl (C=O) groups excluding carboxylic acids is 2. The van der Waals surface area contributed by atoms with E-state index in [0.29, 0.717) is 9.80 Å². The first-order valence-corrected chi connectivity index (χ1v) is 8.39. The lowest BCUT2D eigenvalue weighted by atomic mass is 10.00. The predicted molar refractivity (Wildman–Crippen MR) is 94.8 cm³/mol. The zero-order chi connectivity index (χ0) is 18.8. The number of para-hydroxylation sites is 1. The molecule has 1 unspecified atom stereocenters. The molecule has 0 radical (unpaired) electrons. The molecule has 1 aliphatic carbocycles. The minimum atomic E-state index is -1.17. The number of hydroxylamine groups is 1. The van der Waals surface area contributed by atoms with Gasteiger partial charge >= 0.3 is 11.9 Å². The number of esters is 2. The maximum atomic E-state index is 12.8. The van der Waals surface area contributed by atoms with Crippen LogP contribution >= 0.6 is 23.2 Å². The Morgan fingerprint density at radius 1 is 1.19 bits per heavy atom. The largest absolute Gasteiger partial charge is 0.757 e. The van der Waals surface area contributed by atoms with E-state index in [1.54, 1.807) is 0 Å². The maximum Gasteiger partial charge on any atom is 0.326 e. The van der Waals surface area contributed by atoms with Crippen LogP contribution in [0.25, 0.3) is 0 Å². The number of ether oxygens (including phenoxy) is 2. The van der Waals surface area contributed by atoms with Gasteiger partial charge in [-0.15, -0.1) is 23.2 Å². The fourth-order valence-electron chi connectivity index (χ4n) is 2.63. The Morgan fingerprint density at radius 2 is 1.88 bits per heavy atom. The van der Waals surface area contributed by atoms with Crippen molar-refractivity contribution in [1.29, 1.82) is 0 Å². The molecular weight excluding hydrogens is 387 g/mol. The molecule has 10 heteroatoms. The van der Waals surface area contributed by atoms with Gasteiger partial charge in [0.25, 0.3) is 5.69 Å². The summed E-state index contributed by atoms with van der Waals surface area (Å²) in [6.45, 7) is 0. The molecule has 0 aromatic heterocycles. The Bertz CT molecular complexity index is 864. The van der Waals surface area contributed by atoms with Gasteiger partial charge in [0.15, 0.2) is 6.04 Å². The third-order valence-electron chi connectivity index (χ3n) is 3.64. The number of allylic oxidation sites excluding steroid dienone is 2. The molecule has 3 rings (SSSR count). The zero-order valence-corrected chi connectivity index (χ0v) is 14.6. The van der Waals surface area contributed by atoms with Crippen molar-refractivity contribution in [3.8, 4) is 5.75 Å². The Hall–Kier alpha value is -2.55.